The third kappa shape index (κ3) is 5.92. The fraction of sp³-hybridized carbons (Fsp3) is 0.680. The number of aliphatic hydroxyl groups is 1. The minimum atomic E-state index is -0.732. The number of morpholine rings is 1. The number of thiophene rings is 1. The van der Waals surface area contributed by atoms with Crippen molar-refractivity contribution in [3.05, 3.63) is 15.8 Å². The van der Waals surface area contributed by atoms with Crippen LogP contribution in [0.15, 0.2) is 6.07 Å². The van der Waals surface area contributed by atoms with Gasteiger partial charge in [0.1, 0.15) is 11.0 Å². The number of carbonyl (C=O) groups is 2. The lowest BCUT2D eigenvalue weighted by Gasteiger charge is -2.44. The smallest absolute Gasteiger partial charge is 0.350 e. The van der Waals surface area contributed by atoms with Gasteiger partial charge in [0.2, 0.25) is 0 Å². The van der Waals surface area contributed by atoms with Gasteiger partial charge in [-0.2, -0.15) is 0 Å². The van der Waals surface area contributed by atoms with Gasteiger partial charge in [0, 0.05) is 11.8 Å². The minimum Gasteiger partial charge on any atom is -0.465 e. The summed E-state index contributed by atoms with van der Waals surface area (Å²) in [7, 11) is 1.35. The highest BCUT2D eigenvalue weighted by Crippen LogP contribution is 2.39. The number of anilines is 1. The summed E-state index contributed by atoms with van der Waals surface area (Å²) in [4.78, 5) is 29.2. The van der Waals surface area contributed by atoms with Crippen LogP contribution in [0.1, 0.15) is 80.8 Å². The number of rotatable bonds is 5. The van der Waals surface area contributed by atoms with E-state index in [-0.39, 0.29) is 23.8 Å². The van der Waals surface area contributed by atoms with Gasteiger partial charge in [-0.25, -0.2) is 4.79 Å². The van der Waals surface area contributed by atoms with E-state index in [0.29, 0.717) is 23.1 Å². The van der Waals surface area contributed by atoms with Crippen LogP contribution in [-0.2, 0) is 14.3 Å². The second kappa shape index (κ2) is 10.4. The largest absolute Gasteiger partial charge is 0.465 e. The van der Waals surface area contributed by atoms with Gasteiger partial charge in [0.15, 0.2) is 0 Å². The molecule has 1 aliphatic heterocycles. The average Bonchev–Trinajstić information content (AvgIpc) is 3.17. The maximum absolute atomic E-state index is 13.6. The van der Waals surface area contributed by atoms with E-state index in [2.05, 4.69) is 11.8 Å². The fourth-order valence-corrected chi connectivity index (χ4v) is 5.35. The zero-order valence-electron chi connectivity index (χ0n) is 19.8. The number of hydrogen-bond acceptors (Lipinski definition) is 6. The highest BCUT2D eigenvalue weighted by molar-refractivity contribution is 7.15. The van der Waals surface area contributed by atoms with Crippen LogP contribution in [0.25, 0.3) is 0 Å². The summed E-state index contributed by atoms with van der Waals surface area (Å²) < 4.78 is 11.0. The van der Waals surface area contributed by atoms with Crippen LogP contribution in [0, 0.1) is 23.2 Å². The zero-order valence-corrected chi connectivity index (χ0v) is 20.6. The van der Waals surface area contributed by atoms with Crippen molar-refractivity contribution in [3.8, 4) is 11.8 Å². The molecule has 176 valence electrons. The molecular weight excluding hydrogens is 426 g/mol. The van der Waals surface area contributed by atoms with Gasteiger partial charge in [-0.15, -0.1) is 11.3 Å². The molecule has 6 nitrogen and oxygen atoms in total. The molecular formula is C25H35NO5S. The van der Waals surface area contributed by atoms with Gasteiger partial charge in [0.25, 0.3) is 5.91 Å². The highest BCUT2D eigenvalue weighted by atomic mass is 32.1. The third-order valence-corrected chi connectivity index (χ3v) is 6.99. The predicted octanol–water partition coefficient (Wildman–Crippen LogP) is 4.38. The maximum Gasteiger partial charge on any atom is 0.350 e. The molecule has 0 spiro atoms. The Balaban J connectivity index is 2.06. The Morgan fingerprint density at radius 2 is 2.03 bits per heavy atom. The SMILES string of the molecule is COC(=O)c1sc(C#CC(C)(C)C)cc1N1C(=O)[C@@H](CC(C)O)OC[C@H]1C1CCCCC1. The van der Waals surface area contributed by atoms with Crippen LogP contribution < -0.4 is 4.90 Å². The standard InChI is InChI=1S/C25H35NO5S/c1-16(27)13-21-23(28)26(20(15-31-21)17-9-7-6-8-10-17)19-14-18(11-12-25(2,3)4)32-22(19)24(29)30-5/h14,16-17,20-21,27H,6-10,13,15H2,1-5H3/t16?,20-,21+/m0/s1. The second-order valence-corrected chi connectivity index (χ2v) is 10.9. The Morgan fingerprint density at radius 3 is 2.62 bits per heavy atom. The molecule has 0 bridgehead atoms. The van der Waals surface area contributed by atoms with Gasteiger partial charge < -0.3 is 19.5 Å². The predicted molar refractivity (Wildman–Crippen MR) is 126 cm³/mol. The lowest BCUT2D eigenvalue weighted by atomic mass is 9.82. The number of nitrogens with zero attached hydrogens (tertiary/aromatic N) is 1. The van der Waals surface area contributed by atoms with Crippen molar-refractivity contribution in [1.82, 2.24) is 0 Å². The first-order valence-corrected chi connectivity index (χ1v) is 12.3. The zero-order chi connectivity index (χ0) is 23.5. The van der Waals surface area contributed by atoms with Crippen molar-refractivity contribution in [2.75, 3.05) is 18.6 Å². The first-order chi connectivity index (χ1) is 15.1. The molecule has 32 heavy (non-hydrogen) atoms. The van der Waals surface area contributed by atoms with E-state index in [0.717, 1.165) is 30.6 Å². The quantitative estimate of drug-likeness (QED) is 0.520. The fourth-order valence-electron chi connectivity index (χ4n) is 4.43. The molecule has 0 aromatic carbocycles. The summed E-state index contributed by atoms with van der Waals surface area (Å²) in [6.45, 7) is 8.13. The molecule has 2 fully saturated rings. The Morgan fingerprint density at radius 1 is 1.34 bits per heavy atom. The number of ether oxygens (including phenoxy) is 2. The molecule has 3 rings (SSSR count). The van der Waals surface area contributed by atoms with Crippen molar-refractivity contribution in [3.63, 3.8) is 0 Å². The highest BCUT2D eigenvalue weighted by Gasteiger charge is 2.43. The summed E-state index contributed by atoms with van der Waals surface area (Å²) in [5, 5.41) is 9.88. The van der Waals surface area contributed by atoms with Crippen molar-refractivity contribution in [1.29, 1.82) is 0 Å². The van der Waals surface area contributed by atoms with Crippen molar-refractivity contribution >= 4 is 28.9 Å². The van der Waals surface area contributed by atoms with E-state index in [9.17, 15) is 14.7 Å². The van der Waals surface area contributed by atoms with Crippen LogP contribution in [0.5, 0.6) is 0 Å². The first kappa shape index (κ1) is 24.8. The van der Waals surface area contributed by atoms with Crippen molar-refractivity contribution in [2.45, 2.75) is 84.5 Å². The Hall–Kier alpha value is -1.88. The number of hydrogen-bond donors (Lipinski definition) is 1. The Kier molecular flexibility index (Phi) is 8.02. The Labute approximate surface area is 195 Å². The molecule has 2 heterocycles. The minimum absolute atomic E-state index is 0.144. The maximum atomic E-state index is 13.6. The molecule has 1 aliphatic carbocycles. The Bertz CT molecular complexity index is 882. The van der Waals surface area contributed by atoms with E-state index in [4.69, 9.17) is 9.47 Å². The molecule has 1 saturated carbocycles. The molecule has 3 atom stereocenters. The summed E-state index contributed by atoms with van der Waals surface area (Å²) in [5.41, 5.74) is 0.372. The number of esters is 1. The van der Waals surface area contributed by atoms with Gasteiger partial charge in [0.05, 0.1) is 36.4 Å². The monoisotopic (exact) mass is 461 g/mol. The molecule has 1 N–H and O–H groups in total. The van der Waals surface area contributed by atoms with E-state index in [1.165, 1.54) is 24.9 Å². The molecule has 1 aromatic rings. The van der Waals surface area contributed by atoms with Crippen LogP contribution in [0.2, 0.25) is 0 Å². The summed E-state index contributed by atoms with van der Waals surface area (Å²) in [6, 6.07) is 1.70. The van der Waals surface area contributed by atoms with E-state index >= 15 is 0 Å². The van der Waals surface area contributed by atoms with Crippen LogP contribution in [0.4, 0.5) is 5.69 Å². The van der Waals surface area contributed by atoms with Gasteiger partial charge in [-0.3, -0.25) is 4.79 Å². The topological polar surface area (TPSA) is 76.1 Å². The van der Waals surface area contributed by atoms with E-state index in [1.807, 2.05) is 26.8 Å². The van der Waals surface area contributed by atoms with Crippen LogP contribution >= 0.6 is 11.3 Å². The van der Waals surface area contributed by atoms with Gasteiger partial charge in [-0.1, -0.05) is 31.1 Å². The summed E-state index contributed by atoms with van der Waals surface area (Å²) in [6.07, 6.45) is 4.38. The van der Waals surface area contributed by atoms with Crippen molar-refractivity contribution < 1.29 is 24.2 Å². The third-order valence-electron chi connectivity index (χ3n) is 5.97. The van der Waals surface area contributed by atoms with Crippen molar-refractivity contribution in [2.24, 2.45) is 11.3 Å². The van der Waals surface area contributed by atoms with Gasteiger partial charge in [-0.05, 0) is 52.5 Å². The molecule has 0 radical (unpaired) electrons. The van der Waals surface area contributed by atoms with Crippen LogP contribution in [-0.4, -0.2) is 48.9 Å². The lowest BCUT2D eigenvalue weighted by Crippen LogP contribution is -2.57. The lowest BCUT2D eigenvalue weighted by molar-refractivity contribution is -0.139. The summed E-state index contributed by atoms with van der Waals surface area (Å²) >= 11 is 1.26. The first-order valence-electron chi connectivity index (χ1n) is 11.5. The molecule has 1 unspecified atom stereocenters. The average molecular weight is 462 g/mol. The van der Waals surface area contributed by atoms with E-state index in [1.54, 1.807) is 11.8 Å². The molecule has 1 amide bonds. The summed E-state index contributed by atoms with van der Waals surface area (Å²) in [5.74, 6) is 6.02. The number of amides is 1. The number of aliphatic hydroxyl groups excluding tert-OH is 1. The van der Waals surface area contributed by atoms with Gasteiger partial charge >= 0.3 is 5.97 Å². The number of methoxy groups -OCH3 is 1. The normalized spacial score (nSPS) is 23.4. The van der Waals surface area contributed by atoms with E-state index < -0.39 is 18.2 Å². The second-order valence-electron chi connectivity index (χ2n) is 9.90. The molecule has 1 aromatic heterocycles. The number of carbonyl (C=O) groups excluding carboxylic acids is 2. The molecule has 1 saturated heterocycles. The van der Waals surface area contributed by atoms with Crippen LogP contribution in [0.3, 0.4) is 0 Å². The molecule has 2 aliphatic rings. The molecule has 7 heteroatoms.